The van der Waals surface area contributed by atoms with Crippen LogP contribution in [-0.4, -0.2) is 23.5 Å². The SMILES string of the molecule is CCCc1cccc(C(N)C(C)(CC)N2CCCC2)c1. The fourth-order valence-corrected chi connectivity index (χ4v) is 3.46. The maximum absolute atomic E-state index is 6.69. The number of nitrogens with zero attached hydrogens (tertiary/aromatic N) is 1. The highest BCUT2D eigenvalue weighted by Crippen LogP contribution is 2.35. The summed E-state index contributed by atoms with van der Waals surface area (Å²) in [5.74, 6) is 0. The Bertz CT molecular complexity index is 423. The average Bonchev–Trinajstić information content (AvgIpc) is 3.01. The molecule has 2 N–H and O–H groups in total. The van der Waals surface area contributed by atoms with Crippen LogP contribution in [0, 0.1) is 0 Å². The molecule has 1 aliphatic heterocycles. The minimum absolute atomic E-state index is 0.0847. The first-order chi connectivity index (χ1) is 9.61. The van der Waals surface area contributed by atoms with Crippen LogP contribution in [0.15, 0.2) is 24.3 Å². The Morgan fingerprint density at radius 1 is 1.25 bits per heavy atom. The zero-order valence-corrected chi connectivity index (χ0v) is 13.4. The van der Waals surface area contributed by atoms with Crippen LogP contribution in [0.5, 0.6) is 0 Å². The van der Waals surface area contributed by atoms with Crippen molar-refractivity contribution in [2.24, 2.45) is 5.73 Å². The maximum Gasteiger partial charge on any atom is 0.0479 e. The van der Waals surface area contributed by atoms with Gasteiger partial charge in [0.1, 0.15) is 0 Å². The van der Waals surface area contributed by atoms with E-state index in [4.69, 9.17) is 5.73 Å². The molecule has 0 aliphatic carbocycles. The first kappa shape index (κ1) is 15.5. The van der Waals surface area contributed by atoms with Crippen LogP contribution in [0.25, 0.3) is 0 Å². The summed E-state index contributed by atoms with van der Waals surface area (Å²) >= 11 is 0. The zero-order chi connectivity index (χ0) is 14.6. The highest BCUT2D eigenvalue weighted by molar-refractivity contribution is 5.28. The van der Waals surface area contributed by atoms with Gasteiger partial charge < -0.3 is 5.73 Å². The number of likely N-dealkylation sites (tertiary alicyclic amines) is 1. The van der Waals surface area contributed by atoms with Gasteiger partial charge in [0.05, 0.1) is 0 Å². The molecule has 2 rings (SSSR count). The van der Waals surface area contributed by atoms with Crippen molar-refractivity contribution in [2.75, 3.05) is 13.1 Å². The zero-order valence-electron chi connectivity index (χ0n) is 13.4. The third-order valence-corrected chi connectivity index (χ3v) is 5.06. The molecule has 0 amide bonds. The van der Waals surface area contributed by atoms with Crippen LogP contribution in [0.3, 0.4) is 0 Å². The second-order valence-corrected chi connectivity index (χ2v) is 6.38. The van der Waals surface area contributed by atoms with Gasteiger partial charge >= 0.3 is 0 Å². The first-order valence-electron chi connectivity index (χ1n) is 8.21. The molecule has 1 aliphatic rings. The molecule has 2 unspecified atom stereocenters. The van der Waals surface area contributed by atoms with Crippen molar-refractivity contribution in [3.8, 4) is 0 Å². The Balaban J connectivity index is 2.23. The quantitative estimate of drug-likeness (QED) is 0.852. The summed E-state index contributed by atoms with van der Waals surface area (Å²) in [5, 5.41) is 0. The molecule has 1 aromatic carbocycles. The lowest BCUT2D eigenvalue weighted by Crippen LogP contribution is -2.51. The Morgan fingerprint density at radius 2 is 1.95 bits per heavy atom. The maximum atomic E-state index is 6.69. The van der Waals surface area contributed by atoms with Gasteiger partial charge in [-0.15, -0.1) is 0 Å². The Morgan fingerprint density at radius 3 is 2.55 bits per heavy atom. The van der Waals surface area contributed by atoms with Gasteiger partial charge in [0.2, 0.25) is 0 Å². The Kier molecular flexibility index (Phi) is 5.22. The van der Waals surface area contributed by atoms with E-state index in [2.05, 4.69) is 49.9 Å². The van der Waals surface area contributed by atoms with Crippen molar-refractivity contribution in [3.63, 3.8) is 0 Å². The highest BCUT2D eigenvalue weighted by Gasteiger charge is 2.38. The summed E-state index contributed by atoms with van der Waals surface area (Å²) < 4.78 is 0. The summed E-state index contributed by atoms with van der Waals surface area (Å²) in [5.41, 5.74) is 9.49. The normalized spacial score (nSPS) is 20.8. The largest absolute Gasteiger partial charge is 0.322 e. The summed E-state index contributed by atoms with van der Waals surface area (Å²) in [6, 6.07) is 9.01. The second kappa shape index (κ2) is 6.73. The summed E-state index contributed by atoms with van der Waals surface area (Å²) in [6.45, 7) is 9.25. The molecule has 112 valence electrons. The number of benzene rings is 1. The van der Waals surface area contributed by atoms with Crippen molar-refractivity contribution < 1.29 is 0 Å². The number of hydrogen-bond donors (Lipinski definition) is 1. The molecule has 0 bridgehead atoms. The third-order valence-electron chi connectivity index (χ3n) is 5.06. The van der Waals surface area contributed by atoms with Gasteiger partial charge in [-0.3, -0.25) is 4.90 Å². The minimum atomic E-state index is 0.0847. The standard InChI is InChI=1S/C18H30N2/c1-4-9-15-10-8-11-16(14-15)17(19)18(3,5-2)20-12-6-7-13-20/h8,10-11,14,17H,4-7,9,12-13,19H2,1-3H3. The van der Waals surface area contributed by atoms with E-state index >= 15 is 0 Å². The molecular formula is C18H30N2. The fourth-order valence-electron chi connectivity index (χ4n) is 3.46. The predicted molar refractivity (Wildman–Crippen MR) is 86.9 cm³/mol. The average molecular weight is 274 g/mol. The number of nitrogens with two attached hydrogens (primary N) is 1. The third kappa shape index (κ3) is 3.07. The van der Waals surface area contributed by atoms with Crippen LogP contribution in [0.1, 0.15) is 63.6 Å². The van der Waals surface area contributed by atoms with Crippen LogP contribution >= 0.6 is 0 Å². The molecule has 1 saturated heterocycles. The van der Waals surface area contributed by atoms with E-state index in [0.717, 1.165) is 12.8 Å². The van der Waals surface area contributed by atoms with Crippen LogP contribution < -0.4 is 5.73 Å². The lowest BCUT2D eigenvalue weighted by molar-refractivity contribution is 0.1000. The molecule has 0 spiro atoms. The first-order valence-corrected chi connectivity index (χ1v) is 8.21. The topological polar surface area (TPSA) is 29.3 Å². The van der Waals surface area contributed by atoms with Gasteiger partial charge in [0.15, 0.2) is 0 Å². The number of hydrogen-bond acceptors (Lipinski definition) is 2. The molecule has 0 aromatic heterocycles. The Hall–Kier alpha value is -0.860. The molecule has 0 saturated carbocycles. The van der Waals surface area contributed by atoms with Crippen molar-refractivity contribution in [1.29, 1.82) is 0 Å². The van der Waals surface area contributed by atoms with E-state index in [-0.39, 0.29) is 11.6 Å². The van der Waals surface area contributed by atoms with Gasteiger partial charge in [-0.05, 0) is 56.8 Å². The van der Waals surface area contributed by atoms with Gasteiger partial charge in [0.25, 0.3) is 0 Å². The van der Waals surface area contributed by atoms with Crippen LogP contribution in [0.4, 0.5) is 0 Å². The molecule has 0 radical (unpaired) electrons. The lowest BCUT2D eigenvalue weighted by Gasteiger charge is -2.43. The van der Waals surface area contributed by atoms with Gasteiger partial charge in [-0.25, -0.2) is 0 Å². The van der Waals surface area contributed by atoms with Gasteiger partial charge in [-0.2, -0.15) is 0 Å². The highest BCUT2D eigenvalue weighted by atomic mass is 15.2. The molecule has 1 heterocycles. The lowest BCUT2D eigenvalue weighted by atomic mass is 9.83. The molecule has 2 heteroatoms. The molecule has 1 aromatic rings. The Labute approximate surface area is 124 Å². The van der Waals surface area contributed by atoms with E-state index in [1.165, 1.54) is 43.5 Å². The van der Waals surface area contributed by atoms with E-state index in [9.17, 15) is 0 Å². The van der Waals surface area contributed by atoms with E-state index in [1.54, 1.807) is 0 Å². The smallest absolute Gasteiger partial charge is 0.0479 e. The predicted octanol–water partition coefficient (Wildman–Crippen LogP) is 3.90. The molecule has 1 fully saturated rings. The monoisotopic (exact) mass is 274 g/mol. The number of aryl methyl sites for hydroxylation is 1. The van der Waals surface area contributed by atoms with Crippen molar-refractivity contribution >= 4 is 0 Å². The van der Waals surface area contributed by atoms with E-state index < -0.39 is 0 Å². The summed E-state index contributed by atoms with van der Waals surface area (Å²) in [6.07, 6.45) is 6.07. The summed E-state index contributed by atoms with van der Waals surface area (Å²) in [4.78, 5) is 2.60. The minimum Gasteiger partial charge on any atom is -0.322 e. The molecule has 2 atom stereocenters. The van der Waals surface area contributed by atoms with Crippen molar-refractivity contribution in [2.45, 2.75) is 64.5 Å². The second-order valence-electron chi connectivity index (χ2n) is 6.38. The van der Waals surface area contributed by atoms with Gasteiger partial charge in [-0.1, -0.05) is 44.5 Å². The van der Waals surface area contributed by atoms with E-state index in [0.29, 0.717) is 0 Å². The molecule has 20 heavy (non-hydrogen) atoms. The summed E-state index contributed by atoms with van der Waals surface area (Å²) in [7, 11) is 0. The van der Waals surface area contributed by atoms with Crippen molar-refractivity contribution in [3.05, 3.63) is 35.4 Å². The van der Waals surface area contributed by atoms with Crippen LogP contribution in [-0.2, 0) is 6.42 Å². The van der Waals surface area contributed by atoms with Crippen LogP contribution in [0.2, 0.25) is 0 Å². The van der Waals surface area contributed by atoms with Gasteiger partial charge in [0, 0.05) is 11.6 Å². The molecule has 2 nitrogen and oxygen atoms in total. The fraction of sp³-hybridized carbons (Fsp3) is 0.667. The van der Waals surface area contributed by atoms with E-state index in [1.807, 2.05) is 0 Å². The number of rotatable bonds is 6. The van der Waals surface area contributed by atoms with Crippen molar-refractivity contribution in [1.82, 2.24) is 4.90 Å². The molecular weight excluding hydrogens is 244 g/mol.